The average Bonchev–Trinajstić information content (AvgIpc) is 2.65. The Balaban J connectivity index is 2.04. The second kappa shape index (κ2) is 9.97. The molecule has 0 atom stereocenters. The van der Waals surface area contributed by atoms with Crippen molar-refractivity contribution in [3.8, 4) is 11.5 Å². The predicted molar refractivity (Wildman–Crippen MR) is 107 cm³/mol. The monoisotopic (exact) mass is 371 g/mol. The molecule has 0 unspecified atom stereocenters. The van der Waals surface area contributed by atoms with Crippen LogP contribution in [0.4, 0.5) is 0 Å². The van der Waals surface area contributed by atoms with Crippen molar-refractivity contribution in [2.75, 3.05) is 27.3 Å². The van der Waals surface area contributed by atoms with E-state index < -0.39 is 5.97 Å². The molecular formula is C22H29NO4. The maximum absolute atomic E-state index is 11.0. The van der Waals surface area contributed by atoms with Crippen LogP contribution < -0.4 is 9.47 Å². The van der Waals surface area contributed by atoms with Crippen molar-refractivity contribution in [2.24, 2.45) is 5.92 Å². The molecule has 0 aliphatic rings. The number of aromatic carboxylic acids is 1. The number of benzene rings is 2. The van der Waals surface area contributed by atoms with E-state index in [9.17, 15) is 4.79 Å². The third kappa shape index (κ3) is 6.29. The molecule has 5 heteroatoms. The van der Waals surface area contributed by atoms with Crippen molar-refractivity contribution in [1.29, 1.82) is 0 Å². The molecule has 0 aliphatic carbocycles. The van der Waals surface area contributed by atoms with Crippen molar-refractivity contribution in [3.05, 3.63) is 59.2 Å². The molecule has 5 nitrogen and oxygen atoms in total. The molecule has 2 rings (SSSR count). The van der Waals surface area contributed by atoms with Gasteiger partial charge in [0.25, 0.3) is 0 Å². The minimum atomic E-state index is -0.894. The number of carbonyl (C=O) groups is 1. The van der Waals surface area contributed by atoms with Gasteiger partial charge in [-0.25, -0.2) is 4.79 Å². The Kier molecular flexibility index (Phi) is 7.67. The first-order valence-electron chi connectivity index (χ1n) is 9.18. The highest BCUT2D eigenvalue weighted by molar-refractivity contribution is 5.87. The lowest BCUT2D eigenvalue weighted by Crippen LogP contribution is -2.29. The summed E-state index contributed by atoms with van der Waals surface area (Å²) < 4.78 is 10.7. The van der Waals surface area contributed by atoms with Crippen molar-refractivity contribution >= 4 is 5.97 Å². The molecule has 146 valence electrons. The quantitative estimate of drug-likeness (QED) is 0.681. The summed E-state index contributed by atoms with van der Waals surface area (Å²) in [5.41, 5.74) is 2.63. The third-order valence-corrected chi connectivity index (χ3v) is 4.40. The van der Waals surface area contributed by atoms with Crippen LogP contribution in [0.1, 0.15) is 35.3 Å². The van der Waals surface area contributed by atoms with E-state index in [0.29, 0.717) is 11.5 Å². The molecule has 0 radical (unpaired) electrons. The molecule has 0 aromatic heterocycles. The number of nitrogens with zero attached hydrogens (tertiary/aromatic N) is 1. The van der Waals surface area contributed by atoms with E-state index in [2.05, 4.69) is 24.8 Å². The highest BCUT2D eigenvalue weighted by Gasteiger charge is 2.11. The van der Waals surface area contributed by atoms with Gasteiger partial charge in [-0.05, 0) is 47.7 Å². The van der Waals surface area contributed by atoms with E-state index in [0.717, 1.165) is 43.1 Å². The minimum Gasteiger partial charge on any atom is -0.493 e. The van der Waals surface area contributed by atoms with Crippen LogP contribution >= 0.6 is 0 Å². The first kappa shape index (κ1) is 20.8. The Bertz CT molecular complexity index is 740. The highest BCUT2D eigenvalue weighted by atomic mass is 16.5. The smallest absolute Gasteiger partial charge is 0.335 e. The molecule has 2 aromatic rings. The molecule has 0 bridgehead atoms. The molecule has 0 saturated heterocycles. The number of methoxy groups -OCH3 is 2. The van der Waals surface area contributed by atoms with Gasteiger partial charge in [-0.2, -0.15) is 0 Å². The van der Waals surface area contributed by atoms with Crippen LogP contribution in [-0.2, 0) is 13.0 Å². The topological polar surface area (TPSA) is 59.0 Å². The van der Waals surface area contributed by atoms with Crippen molar-refractivity contribution in [3.63, 3.8) is 0 Å². The summed E-state index contributed by atoms with van der Waals surface area (Å²) in [6.07, 6.45) is 0.903. The van der Waals surface area contributed by atoms with Gasteiger partial charge in [-0.15, -0.1) is 0 Å². The normalized spacial score (nSPS) is 11.0. The SMILES string of the molecule is COc1ccc(CCN(Cc2ccc(C(=O)O)cc2)CC(C)C)cc1OC. The largest absolute Gasteiger partial charge is 0.493 e. The lowest BCUT2D eigenvalue weighted by atomic mass is 10.1. The molecule has 0 amide bonds. The molecule has 0 heterocycles. The van der Waals surface area contributed by atoms with Gasteiger partial charge in [0.05, 0.1) is 19.8 Å². The van der Waals surface area contributed by atoms with Crippen LogP contribution in [0.2, 0.25) is 0 Å². The maximum Gasteiger partial charge on any atom is 0.335 e. The number of rotatable bonds is 10. The molecule has 0 fully saturated rings. The molecular weight excluding hydrogens is 342 g/mol. The van der Waals surface area contributed by atoms with Crippen LogP contribution in [0.3, 0.4) is 0 Å². The van der Waals surface area contributed by atoms with Crippen LogP contribution in [0.15, 0.2) is 42.5 Å². The van der Waals surface area contributed by atoms with Gasteiger partial charge in [0.2, 0.25) is 0 Å². The van der Waals surface area contributed by atoms with Crippen molar-refractivity contribution < 1.29 is 19.4 Å². The van der Waals surface area contributed by atoms with Crippen LogP contribution in [0, 0.1) is 5.92 Å². The Morgan fingerprint density at radius 1 is 1.00 bits per heavy atom. The fourth-order valence-corrected chi connectivity index (χ4v) is 3.09. The van der Waals surface area contributed by atoms with Crippen LogP contribution in [0.5, 0.6) is 11.5 Å². The van der Waals surface area contributed by atoms with Gasteiger partial charge in [0.15, 0.2) is 11.5 Å². The van der Waals surface area contributed by atoms with E-state index in [4.69, 9.17) is 14.6 Å². The number of carboxylic acids is 1. The lowest BCUT2D eigenvalue weighted by molar-refractivity contribution is 0.0697. The Labute approximate surface area is 161 Å². The van der Waals surface area contributed by atoms with Gasteiger partial charge in [-0.3, -0.25) is 4.90 Å². The first-order chi connectivity index (χ1) is 12.9. The summed E-state index contributed by atoms with van der Waals surface area (Å²) in [6.45, 7) is 7.10. The fraction of sp³-hybridized carbons (Fsp3) is 0.409. The fourth-order valence-electron chi connectivity index (χ4n) is 3.09. The maximum atomic E-state index is 11.0. The Morgan fingerprint density at radius 2 is 1.63 bits per heavy atom. The Morgan fingerprint density at radius 3 is 2.19 bits per heavy atom. The van der Waals surface area contributed by atoms with Crippen LogP contribution in [-0.4, -0.2) is 43.3 Å². The molecule has 27 heavy (non-hydrogen) atoms. The highest BCUT2D eigenvalue weighted by Crippen LogP contribution is 2.27. The van der Waals surface area contributed by atoms with E-state index in [1.807, 2.05) is 24.3 Å². The zero-order chi connectivity index (χ0) is 19.8. The lowest BCUT2D eigenvalue weighted by Gasteiger charge is -2.24. The standard InChI is InChI=1S/C22H29NO4/c1-16(2)14-23(15-18-5-8-19(9-6-18)22(24)25)12-11-17-7-10-20(26-3)21(13-17)27-4/h5-10,13,16H,11-12,14-15H2,1-4H3,(H,24,25). The summed E-state index contributed by atoms with van der Waals surface area (Å²) in [5.74, 6) is 1.14. The summed E-state index contributed by atoms with van der Waals surface area (Å²) in [7, 11) is 3.28. The summed E-state index contributed by atoms with van der Waals surface area (Å²) >= 11 is 0. The molecule has 0 spiro atoms. The molecule has 2 aromatic carbocycles. The molecule has 0 saturated carbocycles. The van der Waals surface area contributed by atoms with E-state index in [-0.39, 0.29) is 0 Å². The van der Waals surface area contributed by atoms with Gasteiger partial charge in [-0.1, -0.05) is 32.0 Å². The van der Waals surface area contributed by atoms with E-state index >= 15 is 0 Å². The second-order valence-electron chi connectivity index (χ2n) is 7.07. The summed E-state index contributed by atoms with van der Waals surface area (Å²) in [4.78, 5) is 13.4. The number of carboxylic acid groups (broad SMARTS) is 1. The number of hydrogen-bond donors (Lipinski definition) is 1. The minimum absolute atomic E-state index is 0.319. The molecule has 1 N–H and O–H groups in total. The van der Waals surface area contributed by atoms with E-state index in [1.54, 1.807) is 26.4 Å². The van der Waals surface area contributed by atoms with Crippen molar-refractivity contribution in [1.82, 2.24) is 4.90 Å². The average molecular weight is 371 g/mol. The van der Waals surface area contributed by atoms with Crippen molar-refractivity contribution in [2.45, 2.75) is 26.8 Å². The van der Waals surface area contributed by atoms with Gasteiger partial charge in [0.1, 0.15) is 0 Å². The zero-order valence-electron chi connectivity index (χ0n) is 16.6. The second-order valence-corrected chi connectivity index (χ2v) is 7.07. The third-order valence-electron chi connectivity index (χ3n) is 4.40. The zero-order valence-corrected chi connectivity index (χ0v) is 16.6. The van der Waals surface area contributed by atoms with Crippen LogP contribution in [0.25, 0.3) is 0 Å². The summed E-state index contributed by atoms with van der Waals surface area (Å²) in [5, 5.41) is 9.04. The predicted octanol–water partition coefficient (Wildman–Crippen LogP) is 4.10. The Hall–Kier alpha value is -2.53. The number of hydrogen-bond acceptors (Lipinski definition) is 4. The van der Waals surface area contributed by atoms with Gasteiger partial charge < -0.3 is 14.6 Å². The number of ether oxygens (including phenoxy) is 2. The first-order valence-corrected chi connectivity index (χ1v) is 9.18. The molecule has 0 aliphatic heterocycles. The van der Waals surface area contributed by atoms with Gasteiger partial charge in [0, 0.05) is 19.6 Å². The van der Waals surface area contributed by atoms with E-state index in [1.165, 1.54) is 5.56 Å². The summed E-state index contributed by atoms with van der Waals surface area (Å²) in [6, 6.07) is 13.1. The van der Waals surface area contributed by atoms with Gasteiger partial charge >= 0.3 is 5.97 Å².